The summed E-state index contributed by atoms with van der Waals surface area (Å²) < 4.78 is 22.3. The summed E-state index contributed by atoms with van der Waals surface area (Å²) in [5.41, 5.74) is 0.974. The molecule has 1 rings (SSSR count). The standard InChI is InChI=1S/C24H41NO7Si/c1-16(2)33(17(3)4,18(5)6)30-15-20(25(27)28)13-19-11-12-21(14-22(19)29-10)31-23(26)32-24(7,8)9/h11-12,14,16-18,20H,13,15H2,1-10H3. The minimum absolute atomic E-state index is 0.0487. The van der Waals surface area contributed by atoms with E-state index in [2.05, 4.69) is 41.5 Å². The molecule has 0 amide bonds. The Hall–Kier alpha value is -2.13. The van der Waals surface area contributed by atoms with Crippen LogP contribution in [0.3, 0.4) is 0 Å². The summed E-state index contributed by atoms with van der Waals surface area (Å²) in [6, 6.07) is 3.87. The van der Waals surface area contributed by atoms with Gasteiger partial charge in [-0.15, -0.1) is 0 Å². The van der Waals surface area contributed by atoms with Gasteiger partial charge in [0.05, 0.1) is 7.11 Å². The number of rotatable bonds is 11. The first kappa shape index (κ1) is 28.9. The molecule has 0 aliphatic heterocycles. The molecular weight excluding hydrogens is 442 g/mol. The second-order valence-electron chi connectivity index (χ2n) is 10.3. The highest BCUT2D eigenvalue weighted by atomic mass is 28.4. The number of hydrogen-bond acceptors (Lipinski definition) is 7. The summed E-state index contributed by atoms with van der Waals surface area (Å²) >= 11 is 0. The third-order valence-corrected chi connectivity index (χ3v) is 11.9. The smallest absolute Gasteiger partial charge is 0.496 e. The van der Waals surface area contributed by atoms with E-state index in [-0.39, 0.29) is 23.7 Å². The van der Waals surface area contributed by atoms with E-state index in [0.29, 0.717) is 27.9 Å². The van der Waals surface area contributed by atoms with Crippen LogP contribution in [0.1, 0.15) is 67.9 Å². The molecule has 1 unspecified atom stereocenters. The van der Waals surface area contributed by atoms with Crippen molar-refractivity contribution < 1.29 is 28.4 Å². The minimum Gasteiger partial charge on any atom is -0.496 e. The molecule has 188 valence electrons. The molecule has 33 heavy (non-hydrogen) atoms. The Labute approximate surface area is 199 Å². The molecule has 1 aromatic carbocycles. The van der Waals surface area contributed by atoms with Gasteiger partial charge in [-0.3, -0.25) is 10.1 Å². The van der Waals surface area contributed by atoms with Gasteiger partial charge in [0.25, 0.3) is 0 Å². The van der Waals surface area contributed by atoms with Crippen LogP contribution in [0.2, 0.25) is 16.6 Å². The fraction of sp³-hybridized carbons (Fsp3) is 0.708. The maximum atomic E-state index is 11.9. The van der Waals surface area contributed by atoms with Crippen LogP contribution in [0.15, 0.2) is 18.2 Å². The predicted molar refractivity (Wildman–Crippen MR) is 131 cm³/mol. The lowest BCUT2D eigenvalue weighted by Gasteiger charge is -2.42. The predicted octanol–water partition coefficient (Wildman–Crippen LogP) is 6.39. The number of carbonyl (C=O) groups is 1. The van der Waals surface area contributed by atoms with Gasteiger partial charge >= 0.3 is 6.16 Å². The zero-order valence-corrected chi connectivity index (χ0v) is 22.8. The van der Waals surface area contributed by atoms with Gasteiger partial charge in [-0.25, -0.2) is 4.79 Å². The van der Waals surface area contributed by atoms with Crippen molar-refractivity contribution >= 4 is 14.5 Å². The van der Waals surface area contributed by atoms with Gasteiger partial charge < -0.3 is 18.6 Å². The number of hydrogen-bond donors (Lipinski definition) is 0. The maximum Gasteiger partial charge on any atom is 0.514 e. The third-order valence-electron chi connectivity index (χ3n) is 5.84. The monoisotopic (exact) mass is 483 g/mol. The van der Waals surface area contributed by atoms with Crippen molar-refractivity contribution in [2.75, 3.05) is 13.7 Å². The molecule has 0 spiro atoms. The SMILES string of the molecule is COc1cc(OC(=O)OC(C)(C)C)ccc1CC(CO[Si](C(C)C)(C(C)C)C(C)C)[N+](=O)[O-]. The van der Waals surface area contributed by atoms with Crippen LogP contribution >= 0.6 is 0 Å². The molecule has 0 fully saturated rings. The fourth-order valence-corrected chi connectivity index (χ4v) is 9.99. The Kier molecular flexibility index (Phi) is 10.4. The van der Waals surface area contributed by atoms with E-state index in [9.17, 15) is 14.9 Å². The van der Waals surface area contributed by atoms with Crippen molar-refractivity contribution in [1.82, 2.24) is 0 Å². The first-order chi connectivity index (χ1) is 15.1. The van der Waals surface area contributed by atoms with Crippen molar-refractivity contribution in [3.63, 3.8) is 0 Å². The van der Waals surface area contributed by atoms with Crippen LogP contribution in [0, 0.1) is 10.1 Å². The van der Waals surface area contributed by atoms with Crippen molar-refractivity contribution in [3.05, 3.63) is 33.9 Å². The normalized spacial score (nSPS) is 13.4. The zero-order chi connectivity index (χ0) is 25.6. The fourth-order valence-electron chi connectivity index (χ4n) is 4.51. The molecule has 0 saturated carbocycles. The molecule has 0 N–H and O–H groups in total. The number of benzene rings is 1. The molecule has 0 heterocycles. The van der Waals surface area contributed by atoms with Crippen molar-refractivity contribution in [2.24, 2.45) is 0 Å². The van der Waals surface area contributed by atoms with Crippen molar-refractivity contribution in [1.29, 1.82) is 0 Å². The van der Waals surface area contributed by atoms with Crippen LogP contribution in [-0.2, 0) is 15.6 Å². The molecule has 0 aliphatic rings. The second kappa shape index (κ2) is 11.8. The number of nitro groups is 1. The average Bonchev–Trinajstić information content (AvgIpc) is 2.65. The van der Waals surface area contributed by atoms with E-state index in [0.717, 1.165) is 0 Å². The van der Waals surface area contributed by atoms with Crippen LogP contribution in [0.4, 0.5) is 4.79 Å². The molecule has 8 nitrogen and oxygen atoms in total. The lowest BCUT2D eigenvalue weighted by molar-refractivity contribution is -0.524. The van der Waals surface area contributed by atoms with Crippen molar-refractivity contribution in [2.45, 2.75) is 97.0 Å². The van der Waals surface area contributed by atoms with Gasteiger partial charge in [0.1, 0.15) is 23.7 Å². The average molecular weight is 484 g/mol. The molecule has 1 aromatic rings. The third kappa shape index (κ3) is 7.99. The van der Waals surface area contributed by atoms with Gasteiger partial charge in [-0.2, -0.15) is 0 Å². The van der Waals surface area contributed by atoms with E-state index in [1.807, 2.05) is 0 Å². The minimum atomic E-state index is -2.23. The molecule has 0 bridgehead atoms. The van der Waals surface area contributed by atoms with E-state index in [1.54, 1.807) is 32.9 Å². The number of methoxy groups -OCH3 is 1. The topological polar surface area (TPSA) is 97.1 Å². The maximum absolute atomic E-state index is 11.9. The summed E-state index contributed by atoms with van der Waals surface area (Å²) in [5, 5.41) is 11.9. The summed E-state index contributed by atoms with van der Waals surface area (Å²) in [6.45, 7) is 18.2. The highest BCUT2D eigenvalue weighted by Gasteiger charge is 2.46. The highest BCUT2D eigenvalue weighted by molar-refractivity contribution is 6.77. The molecule has 0 aliphatic carbocycles. The summed E-state index contributed by atoms with van der Waals surface area (Å²) in [6.07, 6.45) is -0.687. The number of ether oxygens (including phenoxy) is 3. The summed E-state index contributed by atoms with van der Waals surface area (Å²) in [4.78, 5) is 23.5. The van der Waals surface area contributed by atoms with Gasteiger partial charge in [0, 0.05) is 23.0 Å². The van der Waals surface area contributed by atoms with Crippen molar-refractivity contribution in [3.8, 4) is 11.5 Å². The van der Waals surface area contributed by atoms with Gasteiger partial charge in [-0.05, 0) is 43.5 Å². The Bertz CT molecular complexity index is 781. The van der Waals surface area contributed by atoms with Crippen LogP contribution in [-0.4, -0.2) is 44.8 Å². The van der Waals surface area contributed by atoms with E-state index in [4.69, 9.17) is 18.6 Å². The van der Waals surface area contributed by atoms with Gasteiger partial charge in [0.15, 0.2) is 0 Å². The number of carbonyl (C=O) groups excluding carboxylic acids is 1. The molecular formula is C24H41NO7Si. The highest BCUT2D eigenvalue weighted by Crippen LogP contribution is 2.42. The van der Waals surface area contributed by atoms with Crippen LogP contribution in [0.5, 0.6) is 11.5 Å². The summed E-state index contributed by atoms with van der Waals surface area (Å²) in [7, 11) is -0.755. The molecule has 1 atom stereocenters. The van der Waals surface area contributed by atoms with Gasteiger partial charge in [-0.1, -0.05) is 47.6 Å². The largest absolute Gasteiger partial charge is 0.514 e. The van der Waals surface area contributed by atoms with E-state index < -0.39 is 26.1 Å². The number of nitrogens with zero attached hydrogens (tertiary/aromatic N) is 1. The van der Waals surface area contributed by atoms with Crippen LogP contribution < -0.4 is 9.47 Å². The first-order valence-corrected chi connectivity index (χ1v) is 13.6. The van der Waals surface area contributed by atoms with E-state index >= 15 is 0 Å². The Morgan fingerprint density at radius 1 is 1.06 bits per heavy atom. The first-order valence-electron chi connectivity index (χ1n) is 11.5. The van der Waals surface area contributed by atoms with E-state index in [1.165, 1.54) is 13.2 Å². The Morgan fingerprint density at radius 2 is 1.61 bits per heavy atom. The zero-order valence-electron chi connectivity index (χ0n) is 21.8. The van der Waals surface area contributed by atoms with Crippen LogP contribution in [0.25, 0.3) is 0 Å². The quantitative estimate of drug-likeness (QED) is 0.118. The molecule has 9 heteroatoms. The Morgan fingerprint density at radius 3 is 2.03 bits per heavy atom. The van der Waals surface area contributed by atoms with Gasteiger partial charge in [0.2, 0.25) is 14.4 Å². The molecule has 0 radical (unpaired) electrons. The molecule has 0 saturated heterocycles. The summed E-state index contributed by atoms with van der Waals surface area (Å²) in [5.74, 6) is 0.646. The Balaban J connectivity index is 3.05. The lowest BCUT2D eigenvalue weighted by Crippen LogP contribution is -2.50. The lowest BCUT2D eigenvalue weighted by atomic mass is 10.1. The second-order valence-corrected chi connectivity index (χ2v) is 15.8. The molecule has 0 aromatic heterocycles.